The zero-order valence-electron chi connectivity index (χ0n) is 19.5. The molecule has 9 nitrogen and oxygen atoms in total. The Morgan fingerprint density at radius 3 is 1.74 bits per heavy atom. The largest absolute Gasteiger partial charge is 0.238 e. The van der Waals surface area contributed by atoms with Crippen molar-refractivity contribution in [2.45, 2.75) is 7.43 Å². The summed E-state index contributed by atoms with van der Waals surface area (Å²) in [7, 11) is 3.51. The highest BCUT2D eigenvalue weighted by molar-refractivity contribution is 9.11. The molecule has 0 aliphatic rings. The van der Waals surface area contributed by atoms with E-state index in [4.69, 9.17) is 41.4 Å². The second-order valence-corrected chi connectivity index (χ2v) is 11.0. The first kappa shape index (κ1) is 32.8. The van der Waals surface area contributed by atoms with Gasteiger partial charge in [0.25, 0.3) is 0 Å². The zero-order chi connectivity index (χ0) is 27.8. The molecule has 0 bridgehead atoms. The minimum Gasteiger partial charge on any atom is -0.238 e. The number of benzene rings is 3. The smallest absolute Gasteiger partial charge is 0.204 e. The van der Waals surface area contributed by atoms with Crippen molar-refractivity contribution in [3.63, 3.8) is 0 Å². The number of halogens is 6. The van der Waals surface area contributed by atoms with Crippen LogP contribution in [0.3, 0.4) is 0 Å². The summed E-state index contributed by atoms with van der Waals surface area (Å²) >= 11 is 27.3. The average Bonchev–Trinajstić information content (AvgIpc) is 3.53. The van der Waals surface area contributed by atoms with E-state index in [9.17, 15) is 0 Å². The molecule has 39 heavy (non-hydrogen) atoms. The summed E-state index contributed by atoms with van der Waals surface area (Å²) in [4.78, 5) is 4.65. The molecule has 5 aromatic rings. The first-order valence-corrected chi connectivity index (χ1v) is 13.8. The van der Waals surface area contributed by atoms with E-state index < -0.39 is 0 Å². The van der Waals surface area contributed by atoms with E-state index >= 15 is 0 Å². The summed E-state index contributed by atoms with van der Waals surface area (Å²) in [6, 6.07) is 16.1. The molecule has 0 aliphatic carbocycles. The standard InChI is InChI=1S/2C8H6BrClN4.C7H3BrClN.CH4/c1-14-8(11-12-13-14)5-2-3-7(10)6(9)4-5;1-14-12-8(11-13-14)5-2-3-7(10)6(9)4-5;1-10-5-2-3-7(9)6(8)4-5;/h2*2-4H,1H3;2-4H;1H4. The molecule has 3 aromatic carbocycles. The molecule has 2 aromatic heterocycles. The molecular weight excluding hydrogens is 760 g/mol. The fraction of sp³-hybridized carbons (Fsp3) is 0.125. The van der Waals surface area contributed by atoms with Crippen molar-refractivity contribution in [1.82, 2.24) is 40.4 Å². The summed E-state index contributed by atoms with van der Waals surface area (Å²) in [6.07, 6.45) is 0. The maximum absolute atomic E-state index is 6.67. The van der Waals surface area contributed by atoms with Gasteiger partial charge in [0.1, 0.15) is 0 Å². The average molecular weight is 780 g/mol. The van der Waals surface area contributed by atoms with Crippen LogP contribution in [0.4, 0.5) is 5.69 Å². The van der Waals surface area contributed by atoms with E-state index in [2.05, 4.69) is 83.6 Å². The Kier molecular flexibility index (Phi) is 13.0. The highest BCUT2D eigenvalue weighted by Crippen LogP contribution is 2.28. The van der Waals surface area contributed by atoms with Crippen molar-refractivity contribution >= 4 is 88.3 Å². The number of hydrogen-bond donors (Lipinski definition) is 0. The second kappa shape index (κ2) is 15.4. The van der Waals surface area contributed by atoms with E-state index in [1.165, 1.54) is 4.80 Å². The van der Waals surface area contributed by atoms with E-state index in [1.54, 1.807) is 49.1 Å². The van der Waals surface area contributed by atoms with Gasteiger partial charge in [-0.05, 0) is 90.0 Å². The van der Waals surface area contributed by atoms with Crippen LogP contribution in [0.25, 0.3) is 27.6 Å². The highest BCUT2D eigenvalue weighted by Gasteiger charge is 2.08. The summed E-state index contributed by atoms with van der Waals surface area (Å²) < 4.78 is 4.03. The van der Waals surface area contributed by atoms with Crippen molar-refractivity contribution in [3.05, 3.63) is 94.5 Å². The minimum absolute atomic E-state index is 0. The molecule has 5 rings (SSSR count). The van der Waals surface area contributed by atoms with Crippen LogP contribution in [0.5, 0.6) is 0 Å². The van der Waals surface area contributed by atoms with Gasteiger partial charge in [0.2, 0.25) is 5.82 Å². The SMILES string of the molecule is C.Cn1nnc(-c2ccc(Cl)c(Br)c2)n1.Cn1nnnc1-c1ccc(Cl)c(Br)c1.[C-]#[N+]c1ccc(Cl)c(Br)c1. The van der Waals surface area contributed by atoms with E-state index in [1.807, 2.05) is 24.3 Å². The van der Waals surface area contributed by atoms with Crippen molar-refractivity contribution in [2.24, 2.45) is 14.1 Å². The van der Waals surface area contributed by atoms with Gasteiger partial charge >= 0.3 is 0 Å². The Morgan fingerprint density at radius 1 is 0.744 bits per heavy atom. The van der Waals surface area contributed by atoms with Gasteiger partial charge in [-0.15, -0.1) is 15.3 Å². The van der Waals surface area contributed by atoms with Crippen LogP contribution < -0.4 is 0 Å². The molecule has 0 spiro atoms. The van der Waals surface area contributed by atoms with Crippen molar-refractivity contribution < 1.29 is 0 Å². The Hall–Kier alpha value is -2.40. The number of nitrogens with zero attached hydrogens (tertiary/aromatic N) is 9. The lowest BCUT2D eigenvalue weighted by Crippen LogP contribution is -1.94. The quantitative estimate of drug-likeness (QED) is 0.166. The molecule has 0 aliphatic heterocycles. The Bertz CT molecular complexity index is 1600. The van der Waals surface area contributed by atoms with Crippen LogP contribution in [0, 0.1) is 6.57 Å². The Morgan fingerprint density at radius 2 is 1.28 bits per heavy atom. The van der Waals surface area contributed by atoms with Gasteiger partial charge in [0, 0.05) is 31.6 Å². The van der Waals surface area contributed by atoms with Gasteiger partial charge in [-0.3, -0.25) is 0 Å². The third-order valence-corrected chi connectivity index (χ3v) is 8.16. The molecular formula is C24H19Br3Cl3N9. The van der Waals surface area contributed by atoms with Crippen LogP contribution in [0.15, 0.2) is 68.0 Å². The number of rotatable bonds is 2. The molecule has 202 valence electrons. The van der Waals surface area contributed by atoms with E-state index in [0.717, 1.165) is 24.5 Å². The van der Waals surface area contributed by atoms with Gasteiger partial charge in [-0.1, -0.05) is 70.3 Å². The maximum Gasteiger partial charge on any atom is 0.204 e. The predicted octanol–water partition coefficient (Wildman–Crippen LogP) is 8.88. The van der Waals surface area contributed by atoms with Crippen LogP contribution in [-0.4, -0.2) is 40.4 Å². The predicted molar refractivity (Wildman–Crippen MR) is 166 cm³/mol. The fourth-order valence-corrected chi connectivity index (χ4v) is 4.18. The molecule has 2 heterocycles. The van der Waals surface area contributed by atoms with Crippen LogP contribution in [0.2, 0.25) is 15.1 Å². The molecule has 15 heteroatoms. The monoisotopic (exact) mass is 775 g/mol. The normalized spacial score (nSPS) is 9.82. The molecule has 0 saturated carbocycles. The van der Waals surface area contributed by atoms with Gasteiger partial charge < -0.3 is 0 Å². The highest BCUT2D eigenvalue weighted by atomic mass is 79.9. The van der Waals surface area contributed by atoms with Crippen LogP contribution in [-0.2, 0) is 14.1 Å². The first-order chi connectivity index (χ1) is 18.1. The topological polar surface area (TPSA) is 91.6 Å². The van der Waals surface area contributed by atoms with Gasteiger partial charge in [0.15, 0.2) is 11.5 Å². The molecule has 0 atom stereocenters. The summed E-state index contributed by atoms with van der Waals surface area (Å²) in [5.74, 6) is 1.30. The van der Waals surface area contributed by atoms with Crippen LogP contribution >= 0.6 is 82.6 Å². The molecule has 0 amide bonds. The maximum atomic E-state index is 6.67. The van der Waals surface area contributed by atoms with Crippen molar-refractivity contribution in [1.29, 1.82) is 0 Å². The lowest BCUT2D eigenvalue weighted by molar-refractivity contribution is 0.630. The Balaban J connectivity index is 0.000000206. The van der Waals surface area contributed by atoms with E-state index in [-0.39, 0.29) is 7.43 Å². The number of tetrazole rings is 2. The van der Waals surface area contributed by atoms with Crippen molar-refractivity contribution in [2.75, 3.05) is 0 Å². The summed E-state index contributed by atoms with van der Waals surface area (Å²) in [6.45, 7) is 6.67. The lowest BCUT2D eigenvalue weighted by Gasteiger charge is -2.00. The van der Waals surface area contributed by atoms with Gasteiger partial charge in [-0.25, -0.2) is 9.53 Å². The molecule has 0 fully saturated rings. The van der Waals surface area contributed by atoms with Gasteiger partial charge in [-0.2, -0.15) is 4.80 Å². The van der Waals surface area contributed by atoms with Crippen molar-refractivity contribution in [3.8, 4) is 22.8 Å². The zero-order valence-corrected chi connectivity index (χ0v) is 26.5. The number of aromatic nitrogens is 8. The molecule has 0 unspecified atom stereocenters. The minimum atomic E-state index is 0. The number of hydrogen-bond acceptors (Lipinski definition) is 6. The first-order valence-electron chi connectivity index (χ1n) is 10.3. The third kappa shape index (κ3) is 9.34. The fourth-order valence-electron chi connectivity index (χ4n) is 2.70. The van der Waals surface area contributed by atoms with Crippen LogP contribution in [0.1, 0.15) is 7.43 Å². The third-order valence-electron chi connectivity index (χ3n) is 4.52. The van der Waals surface area contributed by atoms with Gasteiger partial charge in [0.05, 0.1) is 28.7 Å². The lowest BCUT2D eigenvalue weighted by atomic mass is 10.2. The van der Waals surface area contributed by atoms with E-state index in [0.29, 0.717) is 32.4 Å². The summed E-state index contributed by atoms with van der Waals surface area (Å²) in [5.41, 5.74) is 2.40. The number of aryl methyl sites for hydroxylation is 2. The molecule has 0 saturated heterocycles. The molecule has 0 N–H and O–H groups in total. The molecule has 0 radical (unpaired) electrons. The second-order valence-electron chi connectivity index (χ2n) is 7.20. The Labute approximate surface area is 265 Å². The summed E-state index contributed by atoms with van der Waals surface area (Å²) in [5, 5.41) is 24.9.